The number of methoxy groups -OCH3 is 1. The van der Waals surface area contributed by atoms with E-state index in [2.05, 4.69) is 4.90 Å². The number of likely N-dealkylation sites (tertiary alicyclic amines) is 1. The van der Waals surface area contributed by atoms with E-state index in [4.69, 9.17) is 4.74 Å². The van der Waals surface area contributed by atoms with Crippen molar-refractivity contribution in [2.75, 3.05) is 20.2 Å². The van der Waals surface area contributed by atoms with Gasteiger partial charge in [-0.05, 0) is 62.7 Å². The largest absolute Gasteiger partial charge is 0.493 e. The summed E-state index contributed by atoms with van der Waals surface area (Å²) in [4.78, 5) is 2.32. The Kier molecular flexibility index (Phi) is 5.87. The zero-order valence-electron chi connectivity index (χ0n) is 15.2. The van der Waals surface area contributed by atoms with Crippen LogP contribution in [-0.4, -0.2) is 25.1 Å². The van der Waals surface area contributed by atoms with Gasteiger partial charge in [-0.2, -0.15) is 0 Å². The van der Waals surface area contributed by atoms with Crippen LogP contribution in [0, 0.1) is 17.5 Å². The van der Waals surface area contributed by atoms with E-state index in [-0.39, 0.29) is 23.8 Å². The molecule has 26 heavy (non-hydrogen) atoms. The lowest BCUT2D eigenvalue weighted by Gasteiger charge is -2.33. The maximum Gasteiger partial charge on any atom is 0.165 e. The van der Waals surface area contributed by atoms with Crippen molar-refractivity contribution in [2.45, 2.75) is 38.6 Å². The Balaban J connectivity index is 1.96. The average Bonchev–Trinajstić information content (AvgIpc) is 2.64. The fraction of sp³-hybridized carbons (Fsp3) is 0.429. The first-order valence-corrected chi connectivity index (χ1v) is 9.04. The lowest BCUT2D eigenvalue weighted by Crippen LogP contribution is -2.32. The van der Waals surface area contributed by atoms with Crippen LogP contribution < -0.4 is 4.74 Å². The first-order chi connectivity index (χ1) is 12.5. The molecular weight excluding hydrogens is 339 g/mol. The van der Waals surface area contributed by atoms with Gasteiger partial charge in [0.15, 0.2) is 11.6 Å². The van der Waals surface area contributed by atoms with Crippen molar-refractivity contribution in [1.29, 1.82) is 0 Å². The third-order valence-electron chi connectivity index (χ3n) is 5.20. The van der Waals surface area contributed by atoms with Crippen LogP contribution in [0.5, 0.6) is 5.75 Å². The highest BCUT2D eigenvalue weighted by Crippen LogP contribution is 2.33. The Morgan fingerprint density at radius 2 is 1.65 bits per heavy atom. The molecule has 0 saturated carbocycles. The van der Waals surface area contributed by atoms with Gasteiger partial charge in [-0.1, -0.05) is 12.5 Å². The van der Waals surface area contributed by atoms with Gasteiger partial charge in [0.1, 0.15) is 11.6 Å². The van der Waals surface area contributed by atoms with E-state index in [0.29, 0.717) is 5.56 Å². The van der Waals surface area contributed by atoms with E-state index in [1.54, 1.807) is 0 Å². The summed E-state index contributed by atoms with van der Waals surface area (Å²) in [7, 11) is 1.37. The van der Waals surface area contributed by atoms with Crippen molar-refractivity contribution < 1.29 is 17.9 Å². The summed E-state index contributed by atoms with van der Waals surface area (Å²) in [5, 5.41) is 0. The Labute approximate surface area is 152 Å². The Morgan fingerprint density at radius 3 is 2.27 bits per heavy atom. The minimum absolute atomic E-state index is 0.0416. The van der Waals surface area contributed by atoms with Crippen molar-refractivity contribution in [2.24, 2.45) is 0 Å². The number of ether oxygens (including phenoxy) is 1. The summed E-state index contributed by atoms with van der Waals surface area (Å²) >= 11 is 0. The minimum Gasteiger partial charge on any atom is -0.493 e. The second-order valence-corrected chi connectivity index (χ2v) is 6.84. The fourth-order valence-electron chi connectivity index (χ4n) is 3.68. The molecule has 2 aromatic carbocycles. The Hall–Kier alpha value is -2.01. The quantitative estimate of drug-likeness (QED) is 0.719. The van der Waals surface area contributed by atoms with Crippen molar-refractivity contribution in [1.82, 2.24) is 4.90 Å². The molecule has 1 unspecified atom stereocenters. The molecule has 0 spiro atoms. The third-order valence-corrected chi connectivity index (χ3v) is 5.20. The lowest BCUT2D eigenvalue weighted by molar-refractivity contribution is 0.174. The third kappa shape index (κ3) is 3.88. The summed E-state index contributed by atoms with van der Waals surface area (Å²) in [6, 6.07) is 7.07. The van der Waals surface area contributed by atoms with Gasteiger partial charge in [0.05, 0.1) is 7.11 Å². The fourth-order valence-corrected chi connectivity index (χ4v) is 3.68. The van der Waals surface area contributed by atoms with Gasteiger partial charge in [0.2, 0.25) is 0 Å². The lowest BCUT2D eigenvalue weighted by atomic mass is 9.96. The molecule has 0 aliphatic carbocycles. The summed E-state index contributed by atoms with van der Waals surface area (Å²) in [6.45, 7) is 4.00. The normalized spacial score (nSPS) is 16.5. The second kappa shape index (κ2) is 8.12. The van der Waals surface area contributed by atoms with Crippen LogP contribution in [0.4, 0.5) is 13.2 Å². The average molecular weight is 363 g/mol. The summed E-state index contributed by atoms with van der Waals surface area (Å²) in [5.41, 5.74) is 1.18. The second-order valence-electron chi connectivity index (χ2n) is 6.84. The summed E-state index contributed by atoms with van der Waals surface area (Å²) < 4.78 is 47.9. The maximum atomic E-state index is 14.6. The number of hydrogen-bond donors (Lipinski definition) is 0. The van der Waals surface area contributed by atoms with Crippen molar-refractivity contribution in [3.63, 3.8) is 0 Å². The molecule has 1 aliphatic rings. The van der Waals surface area contributed by atoms with E-state index in [1.807, 2.05) is 13.0 Å². The zero-order chi connectivity index (χ0) is 18.7. The number of piperidine rings is 1. The Morgan fingerprint density at radius 1 is 1.00 bits per heavy atom. The van der Waals surface area contributed by atoms with Crippen LogP contribution in [0.15, 0.2) is 30.3 Å². The molecular formula is C21H24F3NO. The predicted octanol–water partition coefficient (Wildman–Crippen LogP) is 5.25. The minimum atomic E-state index is -0.637. The highest BCUT2D eigenvalue weighted by atomic mass is 19.1. The molecule has 3 rings (SSSR count). The SMILES string of the molecule is COc1c(F)cc(C(C)N2CCCCC2)cc1Cc1c(F)cccc1F. The monoisotopic (exact) mass is 363 g/mol. The van der Waals surface area contributed by atoms with Gasteiger partial charge in [-0.3, -0.25) is 4.90 Å². The molecule has 0 aromatic heterocycles. The van der Waals surface area contributed by atoms with Gasteiger partial charge in [-0.25, -0.2) is 13.2 Å². The molecule has 1 fully saturated rings. The number of halogens is 3. The smallest absolute Gasteiger partial charge is 0.165 e. The number of hydrogen-bond acceptors (Lipinski definition) is 2. The van der Waals surface area contributed by atoms with Crippen molar-refractivity contribution >= 4 is 0 Å². The first-order valence-electron chi connectivity index (χ1n) is 9.04. The van der Waals surface area contributed by atoms with Crippen LogP contribution in [0.25, 0.3) is 0 Å². The standard InChI is InChI=1S/C21H24F3NO/c1-14(25-9-4-3-5-10-25)15-11-16(21(26-2)20(24)13-15)12-17-18(22)7-6-8-19(17)23/h6-8,11,13-14H,3-5,9-10,12H2,1-2H3. The van der Waals surface area contributed by atoms with Crippen LogP contribution in [0.1, 0.15) is 48.9 Å². The molecule has 0 amide bonds. The first kappa shape index (κ1) is 18.8. The molecule has 5 heteroatoms. The van der Waals surface area contributed by atoms with Crippen LogP contribution >= 0.6 is 0 Å². The van der Waals surface area contributed by atoms with E-state index in [0.717, 1.165) is 31.5 Å². The maximum absolute atomic E-state index is 14.6. The highest BCUT2D eigenvalue weighted by molar-refractivity contribution is 5.43. The zero-order valence-corrected chi connectivity index (χ0v) is 15.2. The van der Waals surface area contributed by atoms with Gasteiger partial charge >= 0.3 is 0 Å². The molecule has 2 aromatic rings. The van der Waals surface area contributed by atoms with Crippen molar-refractivity contribution in [3.05, 3.63) is 64.5 Å². The summed E-state index contributed by atoms with van der Waals surface area (Å²) in [5.74, 6) is -1.73. The Bertz CT molecular complexity index is 752. The number of rotatable bonds is 5. The number of nitrogens with zero attached hydrogens (tertiary/aromatic N) is 1. The molecule has 1 atom stereocenters. The van der Waals surface area contributed by atoms with Crippen molar-refractivity contribution in [3.8, 4) is 5.75 Å². The molecule has 140 valence electrons. The molecule has 2 nitrogen and oxygen atoms in total. The molecule has 0 bridgehead atoms. The van der Waals surface area contributed by atoms with Crippen LogP contribution in [0.3, 0.4) is 0 Å². The summed E-state index contributed by atoms with van der Waals surface area (Å²) in [6.07, 6.45) is 3.43. The van der Waals surface area contributed by atoms with Gasteiger partial charge in [-0.15, -0.1) is 0 Å². The molecule has 0 radical (unpaired) electrons. The molecule has 0 N–H and O–H groups in total. The van der Waals surface area contributed by atoms with E-state index in [1.165, 1.54) is 37.8 Å². The van der Waals surface area contributed by atoms with Gasteiger partial charge in [0.25, 0.3) is 0 Å². The van der Waals surface area contributed by atoms with E-state index in [9.17, 15) is 13.2 Å². The number of benzene rings is 2. The van der Waals surface area contributed by atoms with Crippen LogP contribution in [-0.2, 0) is 6.42 Å². The molecule has 1 saturated heterocycles. The van der Waals surface area contributed by atoms with Gasteiger partial charge in [0, 0.05) is 23.6 Å². The van der Waals surface area contributed by atoms with Gasteiger partial charge < -0.3 is 4.74 Å². The van der Waals surface area contributed by atoms with Crippen LogP contribution in [0.2, 0.25) is 0 Å². The predicted molar refractivity (Wildman–Crippen MR) is 96.0 cm³/mol. The topological polar surface area (TPSA) is 12.5 Å². The highest BCUT2D eigenvalue weighted by Gasteiger charge is 2.22. The van der Waals surface area contributed by atoms with E-state index < -0.39 is 17.5 Å². The molecule has 1 aliphatic heterocycles. The van der Waals surface area contributed by atoms with E-state index >= 15 is 0 Å². The molecule has 1 heterocycles.